The Bertz CT molecular complexity index is 293. The predicted octanol–water partition coefficient (Wildman–Crippen LogP) is 1.39. The Hall–Kier alpha value is -0.930. The van der Waals surface area contributed by atoms with Gasteiger partial charge in [-0.15, -0.1) is 0 Å². The smallest absolute Gasteiger partial charge is 0.0984 e. The van der Waals surface area contributed by atoms with E-state index in [2.05, 4.69) is 4.98 Å². The number of aliphatic hydroxyl groups is 1. The number of hydrogen-bond donors (Lipinski definition) is 2. The molecule has 76 valence electrons. The van der Waals surface area contributed by atoms with Crippen molar-refractivity contribution in [2.75, 3.05) is 0 Å². The SMILES string of the molecule is NC1(C(O)c2cccnc2)CCCC1. The van der Waals surface area contributed by atoms with Gasteiger partial charge in [-0.1, -0.05) is 18.9 Å². The summed E-state index contributed by atoms with van der Waals surface area (Å²) in [6.45, 7) is 0. The minimum absolute atomic E-state index is 0.428. The number of nitrogens with zero attached hydrogens (tertiary/aromatic N) is 1. The van der Waals surface area contributed by atoms with E-state index in [0.29, 0.717) is 0 Å². The van der Waals surface area contributed by atoms with Gasteiger partial charge in [-0.25, -0.2) is 0 Å². The number of aliphatic hydroxyl groups excluding tert-OH is 1. The van der Waals surface area contributed by atoms with Crippen molar-refractivity contribution in [3.05, 3.63) is 30.1 Å². The van der Waals surface area contributed by atoms with Crippen molar-refractivity contribution in [1.82, 2.24) is 4.98 Å². The van der Waals surface area contributed by atoms with Crippen molar-refractivity contribution < 1.29 is 5.11 Å². The van der Waals surface area contributed by atoms with Crippen LogP contribution in [0.15, 0.2) is 24.5 Å². The number of nitrogens with two attached hydrogens (primary N) is 1. The van der Waals surface area contributed by atoms with E-state index in [9.17, 15) is 5.11 Å². The molecule has 1 aliphatic rings. The summed E-state index contributed by atoms with van der Waals surface area (Å²) in [6, 6.07) is 3.71. The van der Waals surface area contributed by atoms with Crippen LogP contribution in [0.4, 0.5) is 0 Å². The maximum absolute atomic E-state index is 10.1. The zero-order chi connectivity index (χ0) is 10.0. The van der Waals surface area contributed by atoms with Crippen molar-refractivity contribution in [2.45, 2.75) is 37.3 Å². The van der Waals surface area contributed by atoms with E-state index in [1.54, 1.807) is 12.4 Å². The summed E-state index contributed by atoms with van der Waals surface area (Å²) < 4.78 is 0. The van der Waals surface area contributed by atoms with Gasteiger partial charge in [0.25, 0.3) is 0 Å². The van der Waals surface area contributed by atoms with E-state index < -0.39 is 11.6 Å². The second kappa shape index (κ2) is 3.67. The van der Waals surface area contributed by atoms with Gasteiger partial charge < -0.3 is 10.8 Å². The van der Waals surface area contributed by atoms with E-state index >= 15 is 0 Å². The third-order valence-corrected chi connectivity index (χ3v) is 3.08. The molecule has 14 heavy (non-hydrogen) atoms. The molecule has 2 rings (SSSR count). The van der Waals surface area contributed by atoms with Crippen LogP contribution < -0.4 is 5.73 Å². The van der Waals surface area contributed by atoms with Crippen molar-refractivity contribution in [3.63, 3.8) is 0 Å². The fourth-order valence-electron chi connectivity index (χ4n) is 2.18. The third-order valence-electron chi connectivity index (χ3n) is 3.08. The van der Waals surface area contributed by atoms with Crippen molar-refractivity contribution in [1.29, 1.82) is 0 Å². The third kappa shape index (κ3) is 1.65. The van der Waals surface area contributed by atoms with Crippen LogP contribution in [0.3, 0.4) is 0 Å². The molecule has 0 saturated heterocycles. The van der Waals surface area contributed by atoms with Gasteiger partial charge >= 0.3 is 0 Å². The first-order valence-corrected chi connectivity index (χ1v) is 5.09. The summed E-state index contributed by atoms with van der Waals surface area (Å²) in [5, 5.41) is 10.1. The monoisotopic (exact) mass is 192 g/mol. The van der Waals surface area contributed by atoms with Gasteiger partial charge in [-0.3, -0.25) is 4.98 Å². The number of hydrogen-bond acceptors (Lipinski definition) is 3. The zero-order valence-corrected chi connectivity index (χ0v) is 8.19. The van der Waals surface area contributed by atoms with Gasteiger partial charge in [0.2, 0.25) is 0 Å². The highest BCUT2D eigenvalue weighted by atomic mass is 16.3. The highest BCUT2D eigenvalue weighted by Crippen LogP contribution is 2.37. The van der Waals surface area contributed by atoms with Gasteiger partial charge in [0.1, 0.15) is 0 Å². The van der Waals surface area contributed by atoms with Crippen molar-refractivity contribution in [3.8, 4) is 0 Å². The Balaban J connectivity index is 2.19. The molecule has 0 bridgehead atoms. The Kier molecular flexibility index (Phi) is 2.52. The van der Waals surface area contributed by atoms with Crippen molar-refractivity contribution >= 4 is 0 Å². The molecule has 0 amide bonds. The lowest BCUT2D eigenvalue weighted by atomic mass is 9.88. The molecule has 1 aromatic rings. The molecule has 1 heterocycles. The van der Waals surface area contributed by atoms with Crippen LogP contribution in [-0.4, -0.2) is 15.6 Å². The molecule has 0 aromatic carbocycles. The molecule has 1 unspecified atom stereocenters. The summed E-state index contributed by atoms with van der Waals surface area (Å²) >= 11 is 0. The van der Waals surface area contributed by atoms with Gasteiger partial charge in [0.15, 0.2) is 0 Å². The van der Waals surface area contributed by atoms with Gasteiger partial charge in [-0.2, -0.15) is 0 Å². The van der Waals surface area contributed by atoms with Crippen LogP contribution in [0.1, 0.15) is 37.4 Å². The lowest BCUT2D eigenvalue weighted by Crippen LogP contribution is -2.43. The predicted molar refractivity (Wildman–Crippen MR) is 54.6 cm³/mol. The summed E-state index contributed by atoms with van der Waals surface area (Å²) in [4.78, 5) is 3.99. The molecular formula is C11H16N2O. The Morgan fingerprint density at radius 2 is 2.14 bits per heavy atom. The second-order valence-electron chi connectivity index (χ2n) is 4.13. The molecule has 0 spiro atoms. The van der Waals surface area contributed by atoms with Crippen LogP contribution in [0, 0.1) is 0 Å². The standard InChI is InChI=1S/C11H16N2O/c12-11(5-1-2-6-11)10(14)9-4-3-7-13-8-9/h3-4,7-8,10,14H,1-2,5-6,12H2. The van der Waals surface area contributed by atoms with Crippen LogP contribution in [0.5, 0.6) is 0 Å². The van der Waals surface area contributed by atoms with Crippen LogP contribution >= 0.6 is 0 Å². The quantitative estimate of drug-likeness (QED) is 0.744. The van der Waals surface area contributed by atoms with Crippen molar-refractivity contribution in [2.24, 2.45) is 5.73 Å². The van der Waals surface area contributed by atoms with Crippen LogP contribution in [0.25, 0.3) is 0 Å². The van der Waals surface area contributed by atoms with Gasteiger partial charge in [0.05, 0.1) is 6.10 Å². The first kappa shape index (κ1) is 9.62. The van der Waals surface area contributed by atoms with Crippen LogP contribution in [0.2, 0.25) is 0 Å². The summed E-state index contributed by atoms with van der Waals surface area (Å²) in [5.41, 5.74) is 6.56. The number of pyridine rings is 1. The van der Waals surface area contributed by atoms with Crippen LogP contribution in [-0.2, 0) is 0 Å². The average Bonchev–Trinajstić information content (AvgIpc) is 2.67. The molecule has 1 saturated carbocycles. The number of aromatic nitrogens is 1. The first-order chi connectivity index (χ1) is 6.72. The Labute approximate surface area is 84.0 Å². The molecule has 0 aliphatic heterocycles. The first-order valence-electron chi connectivity index (χ1n) is 5.09. The van der Waals surface area contributed by atoms with Gasteiger partial charge in [0, 0.05) is 23.5 Å². The molecule has 0 radical (unpaired) electrons. The minimum Gasteiger partial charge on any atom is -0.386 e. The fraction of sp³-hybridized carbons (Fsp3) is 0.545. The normalized spacial score (nSPS) is 22.1. The molecule has 1 fully saturated rings. The molecular weight excluding hydrogens is 176 g/mol. The molecule has 1 atom stereocenters. The zero-order valence-electron chi connectivity index (χ0n) is 8.19. The summed E-state index contributed by atoms with van der Waals surface area (Å²) in [5.74, 6) is 0. The van der Waals surface area contributed by atoms with Gasteiger partial charge in [-0.05, 0) is 18.9 Å². The lowest BCUT2D eigenvalue weighted by molar-refractivity contribution is 0.0868. The highest BCUT2D eigenvalue weighted by molar-refractivity contribution is 5.17. The molecule has 1 aliphatic carbocycles. The largest absolute Gasteiger partial charge is 0.386 e. The second-order valence-corrected chi connectivity index (χ2v) is 4.13. The minimum atomic E-state index is -0.571. The fourth-order valence-corrected chi connectivity index (χ4v) is 2.18. The molecule has 3 nitrogen and oxygen atoms in total. The average molecular weight is 192 g/mol. The summed E-state index contributed by atoms with van der Waals surface area (Å²) in [7, 11) is 0. The van der Waals surface area contributed by atoms with E-state index in [-0.39, 0.29) is 0 Å². The van der Waals surface area contributed by atoms with E-state index in [0.717, 1.165) is 31.2 Å². The maximum Gasteiger partial charge on any atom is 0.0984 e. The Morgan fingerprint density at radius 1 is 1.43 bits per heavy atom. The highest BCUT2D eigenvalue weighted by Gasteiger charge is 2.37. The van der Waals surface area contributed by atoms with E-state index in [4.69, 9.17) is 5.73 Å². The molecule has 3 heteroatoms. The molecule has 3 N–H and O–H groups in total. The molecule has 1 aromatic heterocycles. The maximum atomic E-state index is 10.1. The Morgan fingerprint density at radius 3 is 2.71 bits per heavy atom. The topological polar surface area (TPSA) is 59.1 Å². The van der Waals surface area contributed by atoms with E-state index in [1.165, 1.54) is 0 Å². The lowest BCUT2D eigenvalue weighted by Gasteiger charge is -2.29. The number of rotatable bonds is 2. The summed E-state index contributed by atoms with van der Waals surface area (Å²) in [6.07, 6.45) is 6.87. The van der Waals surface area contributed by atoms with E-state index in [1.807, 2.05) is 12.1 Å².